The standard InChI is InChI=1S/C10H14N2O/c1-7-4-2-3-5-8(7)9(11)6-10(12)13/h2-5,9H,6,11H2,1H3,(H2,12,13)/t9-/m0/s1. The fourth-order valence-corrected chi connectivity index (χ4v) is 1.33. The van der Waals surface area contributed by atoms with Gasteiger partial charge in [0.1, 0.15) is 0 Å². The Balaban J connectivity index is 2.82. The van der Waals surface area contributed by atoms with Gasteiger partial charge in [-0.3, -0.25) is 4.79 Å². The fraction of sp³-hybridized carbons (Fsp3) is 0.300. The minimum Gasteiger partial charge on any atom is -0.370 e. The second-order valence-electron chi connectivity index (χ2n) is 3.13. The summed E-state index contributed by atoms with van der Waals surface area (Å²) in [5.74, 6) is -0.365. The number of hydrogen-bond acceptors (Lipinski definition) is 2. The maximum atomic E-state index is 10.6. The lowest BCUT2D eigenvalue weighted by molar-refractivity contribution is -0.118. The molecule has 0 saturated carbocycles. The Kier molecular flexibility index (Phi) is 3.03. The molecule has 3 nitrogen and oxygen atoms in total. The molecule has 1 aromatic rings. The van der Waals surface area contributed by atoms with Crippen molar-refractivity contribution in [2.75, 3.05) is 0 Å². The van der Waals surface area contributed by atoms with Gasteiger partial charge < -0.3 is 11.5 Å². The lowest BCUT2D eigenvalue weighted by Crippen LogP contribution is -2.21. The van der Waals surface area contributed by atoms with Gasteiger partial charge in [-0.05, 0) is 18.1 Å². The molecule has 0 aliphatic carbocycles. The molecular formula is C10H14N2O. The summed E-state index contributed by atoms with van der Waals surface area (Å²) in [6, 6.07) is 7.46. The molecule has 3 heteroatoms. The molecule has 0 aliphatic heterocycles. The van der Waals surface area contributed by atoms with E-state index in [0.29, 0.717) is 0 Å². The summed E-state index contributed by atoms with van der Waals surface area (Å²) in [6.07, 6.45) is 0.199. The van der Waals surface area contributed by atoms with Gasteiger partial charge in [-0.1, -0.05) is 24.3 Å². The first-order chi connectivity index (χ1) is 6.11. The Morgan fingerprint density at radius 1 is 1.46 bits per heavy atom. The van der Waals surface area contributed by atoms with Crippen LogP contribution in [0.3, 0.4) is 0 Å². The molecule has 0 radical (unpaired) electrons. The summed E-state index contributed by atoms with van der Waals surface area (Å²) in [7, 11) is 0. The minimum absolute atomic E-state index is 0.199. The molecule has 0 bridgehead atoms. The first kappa shape index (κ1) is 9.74. The van der Waals surface area contributed by atoms with E-state index in [1.165, 1.54) is 0 Å². The van der Waals surface area contributed by atoms with E-state index in [1.807, 2.05) is 31.2 Å². The van der Waals surface area contributed by atoms with Crippen LogP contribution in [0.15, 0.2) is 24.3 Å². The normalized spacial score (nSPS) is 12.5. The van der Waals surface area contributed by atoms with Gasteiger partial charge in [0, 0.05) is 12.5 Å². The number of primary amides is 1. The number of nitrogens with two attached hydrogens (primary N) is 2. The fourth-order valence-electron chi connectivity index (χ4n) is 1.33. The van der Waals surface area contributed by atoms with Gasteiger partial charge in [0.05, 0.1) is 0 Å². The highest BCUT2D eigenvalue weighted by atomic mass is 16.1. The van der Waals surface area contributed by atoms with Gasteiger partial charge in [0.15, 0.2) is 0 Å². The van der Waals surface area contributed by atoms with E-state index < -0.39 is 0 Å². The van der Waals surface area contributed by atoms with Crippen LogP contribution in [0.5, 0.6) is 0 Å². The van der Waals surface area contributed by atoms with Crippen LogP contribution in [0.2, 0.25) is 0 Å². The highest BCUT2D eigenvalue weighted by Gasteiger charge is 2.10. The van der Waals surface area contributed by atoms with Crippen molar-refractivity contribution in [1.82, 2.24) is 0 Å². The number of carbonyl (C=O) groups excluding carboxylic acids is 1. The maximum Gasteiger partial charge on any atom is 0.219 e. The third-order valence-electron chi connectivity index (χ3n) is 2.01. The topological polar surface area (TPSA) is 69.1 Å². The van der Waals surface area contributed by atoms with Crippen LogP contribution in [0.1, 0.15) is 23.6 Å². The van der Waals surface area contributed by atoms with Crippen LogP contribution >= 0.6 is 0 Å². The Morgan fingerprint density at radius 3 is 2.62 bits per heavy atom. The van der Waals surface area contributed by atoms with Crippen LogP contribution in [0.25, 0.3) is 0 Å². The van der Waals surface area contributed by atoms with Crippen LogP contribution in [-0.4, -0.2) is 5.91 Å². The number of amides is 1. The highest BCUT2D eigenvalue weighted by molar-refractivity contribution is 5.74. The molecule has 0 aliphatic rings. The van der Waals surface area contributed by atoms with E-state index in [0.717, 1.165) is 11.1 Å². The molecule has 4 N–H and O–H groups in total. The average molecular weight is 178 g/mol. The minimum atomic E-state index is -0.365. The molecular weight excluding hydrogens is 164 g/mol. The van der Waals surface area contributed by atoms with Crippen molar-refractivity contribution in [3.8, 4) is 0 Å². The lowest BCUT2D eigenvalue weighted by atomic mass is 9.99. The van der Waals surface area contributed by atoms with Gasteiger partial charge >= 0.3 is 0 Å². The molecule has 1 amide bonds. The predicted octanol–water partition coefficient (Wildman–Crippen LogP) is 0.870. The van der Waals surface area contributed by atoms with Crippen molar-refractivity contribution in [3.05, 3.63) is 35.4 Å². The van der Waals surface area contributed by atoms with E-state index in [2.05, 4.69) is 0 Å². The summed E-state index contributed by atoms with van der Waals surface area (Å²) < 4.78 is 0. The van der Waals surface area contributed by atoms with Crippen molar-refractivity contribution < 1.29 is 4.79 Å². The summed E-state index contributed by atoms with van der Waals surface area (Å²) >= 11 is 0. The van der Waals surface area contributed by atoms with Crippen LogP contribution in [-0.2, 0) is 4.79 Å². The number of rotatable bonds is 3. The monoisotopic (exact) mass is 178 g/mol. The van der Waals surface area contributed by atoms with E-state index in [-0.39, 0.29) is 18.4 Å². The second-order valence-corrected chi connectivity index (χ2v) is 3.13. The zero-order chi connectivity index (χ0) is 9.84. The number of carbonyl (C=O) groups is 1. The lowest BCUT2D eigenvalue weighted by Gasteiger charge is -2.12. The summed E-state index contributed by atoms with van der Waals surface area (Å²) in [6.45, 7) is 1.97. The zero-order valence-electron chi connectivity index (χ0n) is 7.66. The Labute approximate surface area is 77.7 Å². The molecule has 0 heterocycles. The van der Waals surface area contributed by atoms with Crippen molar-refractivity contribution in [2.24, 2.45) is 11.5 Å². The molecule has 0 unspecified atom stereocenters. The highest BCUT2D eigenvalue weighted by Crippen LogP contribution is 2.17. The Hall–Kier alpha value is -1.35. The average Bonchev–Trinajstić information content (AvgIpc) is 2.03. The quantitative estimate of drug-likeness (QED) is 0.721. The summed E-state index contributed by atoms with van der Waals surface area (Å²) in [5.41, 5.74) is 12.9. The van der Waals surface area contributed by atoms with Gasteiger partial charge in [0.25, 0.3) is 0 Å². The molecule has 13 heavy (non-hydrogen) atoms. The van der Waals surface area contributed by atoms with Crippen molar-refractivity contribution in [2.45, 2.75) is 19.4 Å². The zero-order valence-corrected chi connectivity index (χ0v) is 7.66. The van der Waals surface area contributed by atoms with Gasteiger partial charge in [-0.15, -0.1) is 0 Å². The van der Waals surface area contributed by atoms with E-state index in [1.54, 1.807) is 0 Å². The predicted molar refractivity (Wildman–Crippen MR) is 51.9 cm³/mol. The maximum absolute atomic E-state index is 10.6. The number of aryl methyl sites for hydroxylation is 1. The van der Waals surface area contributed by atoms with Crippen molar-refractivity contribution >= 4 is 5.91 Å². The van der Waals surface area contributed by atoms with E-state index in [9.17, 15) is 4.79 Å². The van der Waals surface area contributed by atoms with Crippen LogP contribution < -0.4 is 11.5 Å². The smallest absolute Gasteiger partial charge is 0.219 e. The SMILES string of the molecule is Cc1ccccc1[C@@H](N)CC(N)=O. The molecule has 0 aromatic heterocycles. The molecule has 1 rings (SSSR count). The first-order valence-electron chi connectivity index (χ1n) is 4.20. The molecule has 70 valence electrons. The van der Waals surface area contributed by atoms with Crippen molar-refractivity contribution in [1.29, 1.82) is 0 Å². The van der Waals surface area contributed by atoms with Crippen molar-refractivity contribution in [3.63, 3.8) is 0 Å². The molecule has 0 spiro atoms. The van der Waals surface area contributed by atoms with Gasteiger partial charge in [0.2, 0.25) is 5.91 Å². The van der Waals surface area contributed by atoms with Gasteiger partial charge in [-0.25, -0.2) is 0 Å². The number of benzene rings is 1. The van der Waals surface area contributed by atoms with Gasteiger partial charge in [-0.2, -0.15) is 0 Å². The largest absolute Gasteiger partial charge is 0.370 e. The third-order valence-corrected chi connectivity index (χ3v) is 2.01. The summed E-state index contributed by atoms with van der Waals surface area (Å²) in [4.78, 5) is 10.6. The Morgan fingerprint density at radius 2 is 2.08 bits per heavy atom. The second kappa shape index (κ2) is 4.05. The van der Waals surface area contributed by atoms with Crippen LogP contribution in [0.4, 0.5) is 0 Å². The summed E-state index contributed by atoms with van der Waals surface area (Å²) in [5, 5.41) is 0. The van der Waals surface area contributed by atoms with Crippen LogP contribution in [0, 0.1) is 6.92 Å². The Bertz CT molecular complexity index is 310. The third kappa shape index (κ3) is 2.56. The molecule has 1 aromatic carbocycles. The first-order valence-corrected chi connectivity index (χ1v) is 4.20. The number of hydrogen-bond donors (Lipinski definition) is 2. The molecule has 0 saturated heterocycles. The molecule has 1 atom stereocenters. The molecule has 0 fully saturated rings. The van der Waals surface area contributed by atoms with E-state index >= 15 is 0 Å². The van der Waals surface area contributed by atoms with E-state index in [4.69, 9.17) is 11.5 Å².